The van der Waals surface area contributed by atoms with Crippen LogP contribution in [0.4, 0.5) is 0 Å². The minimum atomic E-state index is -3.64. The fraction of sp³-hybridized carbons (Fsp3) is 0.500. The molecule has 1 N–H and O–H groups in total. The number of ether oxygens (including phenoxy) is 1. The van der Waals surface area contributed by atoms with E-state index in [2.05, 4.69) is 4.72 Å². The summed E-state index contributed by atoms with van der Waals surface area (Å²) in [5.74, 6) is -0.0778. The van der Waals surface area contributed by atoms with E-state index in [0.29, 0.717) is 25.0 Å². The third kappa shape index (κ3) is 4.40. The molecule has 0 aliphatic rings. The molecule has 0 saturated heterocycles. The van der Waals surface area contributed by atoms with Gasteiger partial charge in [0.25, 0.3) is 0 Å². The molecule has 112 valence electrons. The Morgan fingerprint density at radius 1 is 1.35 bits per heavy atom. The largest absolute Gasteiger partial charge is 0.383 e. The fourth-order valence-corrected chi connectivity index (χ4v) is 3.11. The number of Topliss-reactive ketones (excluding diaryl/α,β-unsaturated/α-hetero) is 1. The topological polar surface area (TPSA) is 72.5 Å². The summed E-state index contributed by atoms with van der Waals surface area (Å²) in [7, 11) is -2.11. The van der Waals surface area contributed by atoms with Gasteiger partial charge in [0.1, 0.15) is 0 Å². The predicted octanol–water partition coefficient (Wildman–Crippen LogP) is 1.98. The Kier molecular flexibility index (Phi) is 6.32. The number of rotatable bonds is 8. The zero-order valence-electron chi connectivity index (χ0n) is 12.0. The van der Waals surface area contributed by atoms with Gasteiger partial charge in [-0.05, 0) is 18.6 Å². The maximum Gasteiger partial charge on any atom is 0.240 e. The van der Waals surface area contributed by atoms with Crippen LogP contribution in [0, 0.1) is 0 Å². The lowest BCUT2D eigenvalue weighted by Crippen LogP contribution is -2.37. The molecule has 0 fully saturated rings. The molecule has 0 radical (unpaired) electrons. The van der Waals surface area contributed by atoms with Crippen molar-refractivity contribution in [2.24, 2.45) is 0 Å². The quantitative estimate of drug-likeness (QED) is 0.745. The van der Waals surface area contributed by atoms with Gasteiger partial charge >= 0.3 is 0 Å². The average molecular weight is 299 g/mol. The van der Waals surface area contributed by atoms with Crippen molar-refractivity contribution in [3.05, 3.63) is 29.8 Å². The van der Waals surface area contributed by atoms with Crippen LogP contribution in [0.3, 0.4) is 0 Å². The maximum atomic E-state index is 12.3. The number of benzene rings is 1. The summed E-state index contributed by atoms with van der Waals surface area (Å²) in [5, 5.41) is 0. The van der Waals surface area contributed by atoms with Crippen LogP contribution in [0.15, 0.2) is 29.2 Å². The lowest BCUT2D eigenvalue weighted by atomic mass is 10.1. The third-order valence-electron chi connectivity index (χ3n) is 2.97. The summed E-state index contributed by atoms with van der Waals surface area (Å²) >= 11 is 0. The Balaban J connectivity index is 3.00. The van der Waals surface area contributed by atoms with E-state index in [1.807, 2.05) is 6.92 Å². The average Bonchev–Trinajstić information content (AvgIpc) is 2.45. The predicted molar refractivity (Wildman–Crippen MR) is 77.3 cm³/mol. The smallest absolute Gasteiger partial charge is 0.240 e. The van der Waals surface area contributed by atoms with Gasteiger partial charge in [0, 0.05) is 25.1 Å². The Morgan fingerprint density at radius 2 is 2.05 bits per heavy atom. The molecule has 0 aromatic heterocycles. The highest BCUT2D eigenvalue weighted by Gasteiger charge is 2.19. The van der Waals surface area contributed by atoms with Crippen LogP contribution in [-0.4, -0.2) is 34.0 Å². The molecule has 5 nitrogen and oxygen atoms in total. The molecule has 0 amide bonds. The van der Waals surface area contributed by atoms with Gasteiger partial charge in [-0.15, -0.1) is 0 Å². The van der Waals surface area contributed by atoms with Gasteiger partial charge in [-0.1, -0.05) is 26.0 Å². The van der Waals surface area contributed by atoms with Gasteiger partial charge in [-0.3, -0.25) is 4.79 Å². The molecule has 1 atom stereocenters. The van der Waals surface area contributed by atoms with Crippen molar-refractivity contribution < 1.29 is 17.9 Å². The van der Waals surface area contributed by atoms with Gasteiger partial charge in [0.05, 0.1) is 11.5 Å². The van der Waals surface area contributed by atoms with Crippen LogP contribution in [0.5, 0.6) is 0 Å². The van der Waals surface area contributed by atoms with Crippen molar-refractivity contribution in [2.75, 3.05) is 13.7 Å². The Hall–Kier alpha value is -1.24. The van der Waals surface area contributed by atoms with Crippen LogP contribution in [0.1, 0.15) is 37.0 Å². The molecule has 0 aliphatic heterocycles. The highest BCUT2D eigenvalue weighted by atomic mass is 32.2. The van der Waals surface area contributed by atoms with Crippen molar-refractivity contribution in [1.29, 1.82) is 0 Å². The zero-order valence-corrected chi connectivity index (χ0v) is 12.9. The SMILES string of the molecule is CCC(=O)c1cccc(S(=O)(=O)NC(CC)COC)c1. The van der Waals surface area contributed by atoms with Crippen LogP contribution < -0.4 is 4.72 Å². The molecule has 0 aliphatic carbocycles. The van der Waals surface area contributed by atoms with E-state index in [4.69, 9.17) is 4.74 Å². The number of carbonyl (C=O) groups excluding carboxylic acids is 1. The summed E-state index contributed by atoms with van der Waals surface area (Å²) in [6.07, 6.45) is 0.971. The first-order valence-corrected chi connectivity index (χ1v) is 8.07. The van der Waals surface area contributed by atoms with E-state index in [9.17, 15) is 13.2 Å². The molecule has 1 aromatic carbocycles. The van der Waals surface area contributed by atoms with Crippen LogP contribution >= 0.6 is 0 Å². The van der Waals surface area contributed by atoms with Gasteiger partial charge < -0.3 is 4.74 Å². The molecule has 6 heteroatoms. The van der Waals surface area contributed by atoms with E-state index in [0.717, 1.165) is 0 Å². The van der Waals surface area contributed by atoms with Crippen LogP contribution in [0.2, 0.25) is 0 Å². The van der Waals surface area contributed by atoms with Gasteiger partial charge in [0.15, 0.2) is 5.78 Å². The number of nitrogens with one attached hydrogen (secondary N) is 1. The van der Waals surface area contributed by atoms with Crippen molar-refractivity contribution in [2.45, 2.75) is 37.6 Å². The van der Waals surface area contributed by atoms with Gasteiger partial charge in [0.2, 0.25) is 10.0 Å². The summed E-state index contributed by atoms with van der Waals surface area (Å²) in [6.45, 7) is 3.93. The zero-order chi connectivity index (χ0) is 15.2. The molecular weight excluding hydrogens is 278 g/mol. The van der Waals surface area contributed by atoms with Gasteiger partial charge in [-0.25, -0.2) is 13.1 Å². The highest BCUT2D eigenvalue weighted by Crippen LogP contribution is 2.14. The first-order chi connectivity index (χ1) is 9.44. The summed E-state index contributed by atoms with van der Waals surface area (Å²) < 4.78 is 32.1. The second-order valence-corrected chi connectivity index (χ2v) is 6.20. The first-order valence-electron chi connectivity index (χ1n) is 6.59. The molecule has 0 bridgehead atoms. The van der Waals surface area contributed by atoms with Crippen molar-refractivity contribution in [3.63, 3.8) is 0 Å². The number of sulfonamides is 1. The van der Waals surface area contributed by atoms with Crippen LogP contribution in [-0.2, 0) is 14.8 Å². The molecule has 1 aromatic rings. The van der Waals surface area contributed by atoms with E-state index < -0.39 is 10.0 Å². The highest BCUT2D eigenvalue weighted by molar-refractivity contribution is 7.89. The maximum absolute atomic E-state index is 12.3. The van der Waals surface area contributed by atoms with Gasteiger partial charge in [-0.2, -0.15) is 0 Å². The van der Waals surface area contributed by atoms with Crippen molar-refractivity contribution >= 4 is 15.8 Å². The van der Waals surface area contributed by atoms with E-state index >= 15 is 0 Å². The molecule has 20 heavy (non-hydrogen) atoms. The lowest BCUT2D eigenvalue weighted by Gasteiger charge is -2.16. The van der Waals surface area contributed by atoms with Crippen molar-refractivity contribution in [3.8, 4) is 0 Å². The lowest BCUT2D eigenvalue weighted by molar-refractivity contribution is 0.0988. The third-order valence-corrected chi connectivity index (χ3v) is 4.49. The molecular formula is C14H21NO4S. The van der Waals surface area contributed by atoms with E-state index in [1.165, 1.54) is 19.2 Å². The second-order valence-electron chi connectivity index (χ2n) is 4.49. The molecule has 1 rings (SSSR count). The van der Waals surface area contributed by atoms with Crippen molar-refractivity contribution in [1.82, 2.24) is 4.72 Å². The fourth-order valence-electron chi connectivity index (χ4n) is 1.76. The molecule has 0 heterocycles. The minimum absolute atomic E-state index is 0.0778. The Labute approximate surface area is 120 Å². The normalized spacial score (nSPS) is 13.2. The van der Waals surface area contributed by atoms with E-state index in [-0.39, 0.29) is 16.7 Å². The summed E-state index contributed by atoms with van der Waals surface area (Å²) in [4.78, 5) is 11.7. The number of ketones is 1. The Bertz CT molecular complexity index is 554. The summed E-state index contributed by atoms with van der Waals surface area (Å²) in [5.41, 5.74) is 0.412. The molecule has 1 unspecified atom stereocenters. The molecule has 0 saturated carbocycles. The number of hydrogen-bond donors (Lipinski definition) is 1. The first kappa shape index (κ1) is 16.8. The number of methoxy groups -OCH3 is 1. The standard InChI is InChI=1S/C14H21NO4S/c1-4-12(10-19-3)15-20(17,18)13-8-6-7-11(9-13)14(16)5-2/h6-9,12,15H,4-5,10H2,1-3H3. The molecule has 0 spiro atoms. The summed E-state index contributed by atoms with van der Waals surface area (Å²) in [6, 6.07) is 5.81. The monoisotopic (exact) mass is 299 g/mol. The second kappa shape index (κ2) is 7.52. The minimum Gasteiger partial charge on any atom is -0.383 e. The number of carbonyl (C=O) groups is 1. The Morgan fingerprint density at radius 3 is 2.60 bits per heavy atom. The van der Waals surface area contributed by atoms with E-state index in [1.54, 1.807) is 19.1 Å². The number of hydrogen-bond acceptors (Lipinski definition) is 4. The van der Waals surface area contributed by atoms with Crippen LogP contribution in [0.25, 0.3) is 0 Å².